The molecule has 0 aliphatic carbocycles. The molecular formula is C24H26ClNOSi. The predicted molar refractivity (Wildman–Crippen MR) is 122 cm³/mol. The van der Waals surface area contributed by atoms with Gasteiger partial charge in [0.05, 0.1) is 0 Å². The minimum Gasteiger partial charge on any atom is -0.534 e. The van der Waals surface area contributed by atoms with Crippen molar-refractivity contribution in [1.29, 1.82) is 5.41 Å². The predicted octanol–water partition coefficient (Wildman–Crippen LogP) is 5.50. The van der Waals surface area contributed by atoms with E-state index in [2.05, 4.69) is 69.3 Å². The highest BCUT2D eigenvalue weighted by Gasteiger charge is 2.52. The summed E-state index contributed by atoms with van der Waals surface area (Å²) in [5.74, 6) is 0.813. The second kappa shape index (κ2) is 7.94. The molecule has 0 aromatic heterocycles. The van der Waals surface area contributed by atoms with E-state index < -0.39 is 8.32 Å². The molecule has 3 aromatic carbocycles. The molecule has 0 aliphatic rings. The topological polar surface area (TPSA) is 33.1 Å². The fourth-order valence-electron chi connectivity index (χ4n) is 3.77. The van der Waals surface area contributed by atoms with Gasteiger partial charge in [-0.05, 0) is 46.1 Å². The zero-order chi connectivity index (χ0) is 20.4. The van der Waals surface area contributed by atoms with Crippen molar-refractivity contribution in [3.63, 3.8) is 0 Å². The maximum Gasteiger partial charge on any atom is 0.319 e. The minimum atomic E-state index is -2.64. The fraction of sp³-hybridized carbons (Fsp3) is 0.208. The summed E-state index contributed by atoms with van der Waals surface area (Å²) in [5, 5.41) is 10.2. The summed E-state index contributed by atoms with van der Waals surface area (Å²) in [6.07, 6.45) is 0. The Hall–Kier alpha value is -2.36. The van der Waals surface area contributed by atoms with Crippen molar-refractivity contribution in [2.24, 2.45) is 0 Å². The van der Waals surface area contributed by atoms with E-state index in [9.17, 15) is 0 Å². The largest absolute Gasteiger partial charge is 0.534 e. The number of hydrogen-bond donors (Lipinski definition) is 1. The van der Waals surface area contributed by atoms with Crippen LogP contribution in [-0.2, 0) is 0 Å². The maximum atomic E-state index is 7.73. The molecule has 2 nitrogen and oxygen atoms in total. The van der Waals surface area contributed by atoms with Gasteiger partial charge in [0, 0.05) is 5.56 Å². The molecule has 28 heavy (non-hydrogen) atoms. The van der Waals surface area contributed by atoms with Gasteiger partial charge in [-0.2, -0.15) is 0 Å². The van der Waals surface area contributed by atoms with Crippen molar-refractivity contribution < 1.29 is 4.43 Å². The lowest BCUT2D eigenvalue weighted by Crippen LogP contribution is -2.68. The standard InChI is InChI=1S/C24H26ClNOSi/c1-18-17-19(15-16-22(18)23(25)26)27-28(24(2,3)4,20-11-7-5-8-12-20)21-13-9-6-10-14-21/h5-17,26H,1-4H3. The molecule has 3 rings (SSSR count). The van der Waals surface area contributed by atoms with Crippen LogP contribution in [0.4, 0.5) is 0 Å². The average molecular weight is 408 g/mol. The van der Waals surface area contributed by atoms with Gasteiger partial charge in [-0.3, -0.25) is 5.41 Å². The third-order valence-electron chi connectivity index (χ3n) is 5.12. The van der Waals surface area contributed by atoms with Gasteiger partial charge in [0.2, 0.25) is 0 Å². The smallest absolute Gasteiger partial charge is 0.319 e. The molecule has 1 N–H and O–H groups in total. The van der Waals surface area contributed by atoms with E-state index in [4.69, 9.17) is 21.4 Å². The fourth-order valence-corrected chi connectivity index (χ4v) is 8.40. The van der Waals surface area contributed by atoms with Crippen LogP contribution in [-0.4, -0.2) is 13.5 Å². The highest BCUT2D eigenvalue weighted by molar-refractivity contribution is 7.00. The first-order valence-electron chi connectivity index (χ1n) is 9.41. The molecule has 0 spiro atoms. The van der Waals surface area contributed by atoms with Gasteiger partial charge in [0.25, 0.3) is 0 Å². The van der Waals surface area contributed by atoms with E-state index in [1.54, 1.807) is 0 Å². The third-order valence-corrected chi connectivity index (χ3v) is 10.3. The monoisotopic (exact) mass is 407 g/mol. The molecule has 144 valence electrons. The Kier molecular flexibility index (Phi) is 5.78. The number of halogens is 1. The van der Waals surface area contributed by atoms with Crippen molar-refractivity contribution in [2.75, 3.05) is 0 Å². The number of nitrogens with one attached hydrogen (secondary N) is 1. The Morgan fingerprint density at radius 2 is 1.36 bits per heavy atom. The van der Waals surface area contributed by atoms with Crippen LogP contribution in [0.2, 0.25) is 5.04 Å². The number of aryl methyl sites for hydroxylation is 1. The Balaban J connectivity index is 2.22. The van der Waals surface area contributed by atoms with Gasteiger partial charge in [-0.25, -0.2) is 0 Å². The van der Waals surface area contributed by atoms with Crippen LogP contribution in [0.15, 0.2) is 78.9 Å². The first kappa shape index (κ1) is 20.4. The van der Waals surface area contributed by atoms with Crippen LogP contribution in [0.3, 0.4) is 0 Å². The average Bonchev–Trinajstić information content (AvgIpc) is 2.66. The van der Waals surface area contributed by atoms with Crippen LogP contribution in [0.1, 0.15) is 31.9 Å². The Morgan fingerprint density at radius 3 is 1.75 bits per heavy atom. The quantitative estimate of drug-likeness (QED) is 0.439. The van der Waals surface area contributed by atoms with Gasteiger partial charge < -0.3 is 4.43 Å². The van der Waals surface area contributed by atoms with Crippen molar-refractivity contribution in [3.8, 4) is 5.75 Å². The van der Waals surface area contributed by atoms with Gasteiger partial charge in [-0.1, -0.05) is 93.0 Å². The molecular weight excluding hydrogens is 382 g/mol. The molecule has 0 heterocycles. The molecule has 0 unspecified atom stereocenters. The van der Waals surface area contributed by atoms with Crippen molar-refractivity contribution >= 4 is 35.5 Å². The molecule has 0 radical (unpaired) electrons. The molecule has 0 saturated heterocycles. The van der Waals surface area contributed by atoms with Crippen molar-refractivity contribution in [1.82, 2.24) is 0 Å². The molecule has 0 bridgehead atoms. The molecule has 0 aliphatic heterocycles. The molecule has 3 aromatic rings. The highest BCUT2D eigenvalue weighted by Crippen LogP contribution is 2.37. The number of benzene rings is 3. The summed E-state index contributed by atoms with van der Waals surface area (Å²) >= 11 is 5.91. The second-order valence-electron chi connectivity index (χ2n) is 8.06. The SMILES string of the molecule is Cc1cc(O[Si](c2ccccc2)(c2ccccc2)C(C)(C)C)ccc1C(=N)Cl. The third kappa shape index (κ3) is 3.78. The summed E-state index contributed by atoms with van der Waals surface area (Å²) in [4.78, 5) is 0. The number of rotatable bonds is 5. The summed E-state index contributed by atoms with van der Waals surface area (Å²) in [7, 11) is -2.64. The van der Waals surface area contributed by atoms with E-state index in [0.717, 1.165) is 16.9 Å². The second-order valence-corrected chi connectivity index (χ2v) is 12.7. The summed E-state index contributed by atoms with van der Waals surface area (Å²) in [5.41, 5.74) is 1.67. The van der Waals surface area contributed by atoms with Gasteiger partial charge >= 0.3 is 8.32 Å². The Labute approximate surface area is 173 Å². The van der Waals surface area contributed by atoms with E-state index >= 15 is 0 Å². The molecule has 0 fully saturated rings. The maximum absolute atomic E-state index is 7.73. The summed E-state index contributed by atoms with van der Waals surface area (Å²) in [6, 6.07) is 26.9. The minimum absolute atomic E-state index is 0.0505. The first-order valence-corrected chi connectivity index (χ1v) is 11.7. The van der Waals surface area contributed by atoms with Crippen LogP contribution in [0.25, 0.3) is 0 Å². The lowest BCUT2D eigenvalue weighted by molar-refractivity contribution is 0.508. The highest BCUT2D eigenvalue weighted by atomic mass is 35.5. The van der Waals surface area contributed by atoms with Crippen LogP contribution in [0.5, 0.6) is 5.75 Å². The Bertz CT molecular complexity index is 925. The summed E-state index contributed by atoms with van der Waals surface area (Å²) in [6.45, 7) is 8.74. The first-order chi connectivity index (χ1) is 13.3. The van der Waals surface area contributed by atoms with Crippen LogP contribution < -0.4 is 14.8 Å². The van der Waals surface area contributed by atoms with Gasteiger partial charge in [0.15, 0.2) is 0 Å². The van der Waals surface area contributed by atoms with E-state index in [1.165, 1.54) is 10.4 Å². The molecule has 0 amide bonds. The molecule has 0 atom stereocenters. The lowest BCUT2D eigenvalue weighted by Gasteiger charge is -2.43. The zero-order valence-corrected chi connectivity index (χ0v) is 18.5. The van der Waals surface area contributed by atoms with Gasteiger partial charge in [-0.15, -0.1) is 0 Å². The van der Waals surface area contributed by atoms with Crippen LogP contribution >= 0.6 is 11.6 Å². The Morgan fingerprint density at radius 1 is 0.857 bits per heavy atom. The lowest BCUT2D eigenvalue weighted by atomic mass is 10.1. The molecule has 4 heteroatoms. The van der Waals surface area contributed by atoms with Crippen molar-refractivity contribution in [3.05, 3.63) is 90.0 Å². The zero-order valence-electron chi connectivity index (χ0n) is 16.8. The van der Waals surface area contributed by atoms with Crippen LogP contribution in [0, 0.1) is 12.3 Å². The number of hydrogen-bond acceptors (Lipinski definition) is 2. The van der Waals surface area contributed by atoms with Gasteiger partial charge in [0.1, 0.15) is 10.9 Å². The van der Waals surface area contributed by atoms with E-state index in [-0.39, 0.29) is 10.2 Å². The van der Waals surface area contributed by atoms with E-state index in [1.807, 2.05) is 37.3 Å². The summed E-state index contributed by atoms with van der Waals surface area (Å²) < 4.78 is 6.98. The van der Waals surface area contributed by atoms with E-state index in [0.29, 0.717) is 0 Å². The molecule has 0 saturated carbocycles. The van der Waals surface area contributed by atoms with Crippen molar-refractivity contribution in [2.45, 2.75) is 32.7 Å². The normalized spacial score (nSPS) is 11.9.